The van der Waals surface area contributed by atoms with Gasteiger partial charge in [0.25, 0.3) is 5.91 Å². The van der Waals surface area contributed by atoms with E-state index in [9.17, 15) is 19.5 Å². The van der Waals surface area contributed by atoms with E-state index in [-0.39, 0.29) is 24.0 Å². The second-order valence-corrected chi connectivity index (χ2v) is 7.13. The van der Waals surface area contributed by atoms with Crippen LogP contribution in [0.25, 0.3) is 10.9 Å². The predicted octanol–water partition coefficient (Wildman–Crippen LogP) is 2.66. The summed E-state index contributed by atoms with van der Waals surface area (Å²) in [7, 11) is 1.25. The zero-order valence-corrected chi connectivity index (χ0v) is 16.7. The quantitative estimate of drug-likeness (QED) is 0.373. The van der Waals surface area contributed by atoms with Crippen molar-refractivity contribution in [1.82, 2.24) is 9.88 Å². The van der Waals surface area contributed by atoms with Crippen LogP contribution in [-0.2, 0) is 25.7 Å². The summed E-state index contributed by atoms with van der Waals surface area (Å²) in [5.74, 6) is -3.34. The standard InChI is InChI=1S/C22H20N4O5/c1-31-17(27)12-26-16-10-6-5-9-14(16)19(22(26)30)24-25-21(29)18-15(11-23-20(18)28)13-7-3-2-4-8-13/h2-10,15,18,30H,11-12H2,1H3,(H,23,28). The Balaban J connectivity index is 1.66. The number of carbonyl (C=O) groups excluding carboxylic acids is 3. The predicted molar refractivity (Wildman–Crippen MR) is 111 cm³/mol. The molecule has 2 heterocycles. The van der Waals surface area contributed by atoms with Gasteiger partial charge < -0.3 is 15.2 Å². The molecule has 1 fully saturated rings. The van der Waals surface area contributed by atoms with Gasteiger partial charge in [-0.05, 0) is 11.6 Å². The summed E-state index contributed by atoms with van der Waals surface area (Å²) in [4.78, 5) is 36.8. The molecule has 158 valence electrons. The average Bonchev–Trinajstić information content (AvgIpc) is 3.30. The number of fused-ring (bicyclic) bond motifs is 1. The molecule has 0 bridgehead atoms. The summed E-state index contributed by atoms with van der Waals surface area (Å²) < 4.78 is 6.00. The van der Waals surface area contributed by atoms with Crippen molar-refractivity contribution < 1.29 is 24.2 Å². The van der Waals surface area contributed by atoms with Crippen molar-refractivity contribution in [3.05, 3.63) is 60.2 Å². The Morgan fingerprint density at radius 3 is 2.61 bits per heavy atom. The van der Waals surface area contributed by atoms with Crippen LogP contribution in [0.15, 0.2) is 64.8 Å². The van der Waals surface area contributed by atoms with Crippen molar-refractivity contribution in [2.75, 3.05) is 13.7 Å². The first-order valence-electron chi connectivity index (χ1n) is 9.66. The Morgan fingerprint density at radius 1 is 1.16 bits per heavy atom. The summed E-state index contributed by atoms with van der Waals surface area (Å²) in [6.45, 7) is 0.103. The van der Waals surface area contributed by atoms with Crippen molar-refractivity contribution in [1.29, 1.82) is 0 Å². The molecular weight excluding hydrogens is 400 g/mol. The average molecular weight is 420 g/mol. The number of aromatic hydroxyl groups is 1. The minimum atomic E-state index is -1.00. The van der Waals surface area contributed by atoms with Crippen LogP contribution in [0, 0.1) is 5.92 Å². The van der Waals surface area contributed by atoms with Gasteiger partial charge >= 0.3 is 5.97 Å². The van der Waals surface area contributed by atoms with Gasteiger partial charge in [-0.2, -0.15) is 0 Å². The highest BCUT2D eigenvalue weighted by molar-refractivity contribution is 6.03. The smallest absolute Gasteiger partial charge is 0.325 e. The lowest BCUT2D eigenvalue weighted by atomic mass is 9.88. The first kappa shape index (κ1) is 20.3. The molecule has 3 aromatic rings. The Hall–Kier alpha value is -4.01. The summed E-state index contributed by atoms with van der Waals surface area (Å²) in [5.41, 5.74) is 1.43. The van der Waals surface area contributed by atoms with Gasteiger partial charge in [0.2, 0.25) is 11.8 Å². The Bertz CT molecular complexity index is 1190. The van der Waals surface area contributed by atoms with Gasteiger partial charge in [0.15, 0.2) is 5.69 Å². The van der Waals surface area contributed by atoms with Crippen LogP contribution in [0.1, 0.15) is 11.5 Å². The Kier molecular flexibility index (Phi) is 5.48. The topological polar surface area (TPSA) is 122 Å². The molecule has 9 nitrogen and oxygen atoms in total. The molecule has 4 rings (SSSR count). The number of carbonyl (C=O) groups is 3. The third-order valence-electron chi connectivity index (χ3n) is 5.36. The number of hydrogen-bond donors (Lipinski definition) is 2. The maximum atomic E-state index is 12.8. The molecule has 9 heteroatoms. The molecular formula is C22H20N4O5. The highest BCUT2D eigenvalue weighted by Crippen LogP contribution is 2.39. The van der Waals surface area contributed by atoms with Gasteiger partial charge in [-0.3, -0.25) is 19.0 Å². The van der Waals surface area contributed by atoms with Gasteiger partial charge in [0, 0.05) is 17.8 Å². The lowest BCUT2D eigenvalue weighted by Gasteiger charge is -2.13. The number of amides is 2. The highest BCUT2D eigenvalue weighted by atomic mass is 16.5. The van der Waals surface area contributed by atoms with Crippen LogP contribution in [-0.4, -0.2) is 41.1 Å². The maximum absolute atomic E-state index is 12.8. The minimum Gasteiger partial charge on any atom is -0.493 e. The number of aromatic nitrogens is 1. The normalized spacial score (nSPS) is 18.4. The lowest BCUT2D eigenvalue weighted by Crippen LogP contribution is -2.25. The van der Waals surface area contributed by atoms with Gasteiger partial charge in [-0.1, -0.05) is 48.5 Å². The van der Waals surface area contributed by atoms with E-state index in [0.717, 1.165) is 5.56 Å². The molecule has 0 radical (unpaired) electrons. The third-order valence-corrected chi connectivity index (χ3v) is 5.36. The molecule has 0 saturated carbocycles. The number of rotatable bonds is 5. The number of nitrogens with zero attached hydrogens (tertiary/aromatic N) is 3. The zero-order chi connectivity index (χ0) is 22.0. The summed E-state index contributed by atoms with van der Waals surface area (Å²) in [6, 6.07) is 16.1. The summed E-state index contributed by atoms with van der Waals surface area (Å²) >= 11 is 0. The largest absolute Gasteiger partial charge is 0.493 e. The molecule has 2 atom stereocenters. The van der Waals surface area contributed by atoms with E-state index in [4.69, 9.17) is 0 Å². The van der Waals surface area contributed by atoms with E-state index in [0.29, 0.717) is 17.4 Å². The van der Waals surface area contributed by atoms with Gasteiger partial charge in [-0.15, -0.1) is 10.2 Å². The summed E-state index contributed by atoms with van der Waals surface area (Å²) in [5, 5.41) is 21.6. The van der Waals surface area contributed by atoms with E-state index in [2.05, 4.69) is 20.3 Å². The van der Waals surface area contributed by atoms with E-state index in [1.165, 1.54) is 11.7 Å². The molecule has 2 amide bonds. The molecule has 1 aliphatic rings. The second kappa shape index (κ2) is 8.39. The maximum Gasteiger partial charge on any atom is 0.325 e. The molecule has 1 aliphatic heterocycles. The van der Waals surface area contributed by atoms with Crippen LogP contribution < -0.4 is 5.32 Å². The molecule has 0 aliphatic carbocycles. The van der Waals surface area contributed by atoms with Gasteiger partial charge in [0.1, 0.15) is 12.5 Å². The first-order valence-corrected chi connectivity index (χ1v) is 9.66. The van der Waals surface area contributed by atoms with Crippen LogP contribution in [0.2, 0.25) is 0 Å². The van der Waals surface area contributed by atoms with Crippen molar-refractivity contribution in [2.24, 2.45) is 16.1 Å². The lowest BCUT2D eigenvalue weighted by molar-refractivity contribution is -0.141. The fourth-order valence-corrected chi connectivity index (χ4v) is 3.80. The number of benzene rings is 2. The van der Waals surface area contributed by atoms with E-state index in [1.807, 2.05) is 30.3 Å². The van der Waals surface area contributed by atoms with Crippen molar-refractivity contribution >= 4 is 34.4 Å². The molecule has 1 aromatic heterocycles. The fourth-order valence-electron chi connectivity index (χ4n) is 3.80. The monoisotopic (exact) mass is 420 g/mol. The molecule has 31 heavy (non-hydrogen) atoms. The first-order chi connectivity index (χ1) is 15.0. The number of nitrogens with one attached hydrogen (secondary N) is 1. The Morgan fingerprint density at radius 2 is 1.87 bits per heavy atom. The third kappa shape index (κ3) is 3.77. The molecule has 2 aromatic carbocycles. The van der Waals surface area contributed by atoms with Gasteiger partial charge in [0.05, 0.1) is 12.6 Å². The minimum absolute atomic E-state index is 0.0440. The number of para-hydroxylation sites is 1. The van der Waals surface area contributed by atoms with E-state index in [1.54, 1.807) is 24.3 Å². The number of methoxy groups -OCH3 is 1. The number of esters is 1. The number of ether oxygens (including phenoxy) is 1. The SMILES string of the molecule is COC(=O)Cn1c(O)c(N=NC(=O)C2C(=O)NCC2c2ccccc2)c2ccccc21. The second-order valence-electron chi connectivity index (χ2n) is 7.13. The van der Waals surface area contributed by atoms with Crippen LogP contribution >= 0.6 is 0 Å². The summed E-state index contributed by atoms with van der Waals surface area (Å²) in [6.07, 6.45) is 0. The molecule has 2 N–H and O–H groups in total. The van der Waals surface area contributed by atoms with Gasteiger partial charge in [-0.25, -0.2) is 0 Å². The molecule has 2 unspecified atom stereocenters. The van der Waals surface area contributed by atoms with Crippen molar-refractivity contribution in [2.45, 2.75) is 12.5 Å². The Labute approximate surface area is 177 Å². The van der Waals surface area contributed by atoms with Crippen LogP contribution in [0.5, 0.6) is 5.88 Å². The van der Waals surface area contributed by atoms with Crippen molar-refractivity contribution in [3.8, 4) is 5.88 Å². The molecule has 0 spiro atoms. The van der Waals surface area contributed by atoms with Crippen LogP contribution in [0.3, 0.4) is 0 Å². The number of azo groups is 1. The van der Waals surface area contributed by atoms with Crippen LogP contribution in [0.4, 0.5) is 5.69 Å². The highest BCUT2D eigenvalue weighted by Gasteiger charge is 2.41. The van der Waals surface area contributed by atoms with E-state index >= 15 is 0 Å². The number of hydrogen-bond acceptors (Lipinski definition) is 6. The van der Waals surface area contributed by atoms with E-state index < -0.39 is 23.7 Å². The van der Waals surface area contributed by atoms with Crippen molar-refractivity contribution in [3.63, 3.8) is 0 Å². The molecule has 1 saturated heterocycles. The zero-order valence-electron chi connectivity index (χ0n) is 16.7. The fraction of sp³-hybridized carbons (Fsp3) is 0.227.